The molecule has 5 rings (SSSR count). The first-order valence-corrected chi connectivity index (χ1v) is 13.4. The largest absolute Gasteiger partial charge is 0.419 e. The lowest BCUT2D eigenvalue weighted by Crippen LogP contribution is -2.56. The number of quaternary nitrogens is 1. The molecule has 1 saturated heterocycles. The van der Waals surface area contributed by atoms with Crippen LogP contribution in [-0.4, -0.2) is 52.7 Å². The van der Waals surface area contributed by atoms with E-state index in [1.165, 1.54) is 17.7 Å². The molecule has 0 saturated carbocycles. The van der Waals surface area contributed by atoms with Crippen molar-refractivity contribution in [3.05, 3.63) is 88.1 Å². The summed E-state index contributed by atoms with van der Waals surface area (Å²) in [6.07, 6.45) is -4.79. The molecule has 0 spiro atoms. The minimum Gasteiger partial charge on any atom is -0.363 e. The predicted octanol–water partition coefficient (Wildman–Crippen LogP) is 6.78. The molecule has 6 nitrogen and oxygen atoms in total. The molecule has 4 aromatic rings. The molecule has 1 atom stereocenters. The first-order chi connectivity index (χ1) is 18.9. The number of halogens is 5. The average molecular weight is 574 g/mol. The molecule has 0 bridgehead atoms. The van der Waals surface area contributed by atoms with Gasteiger partial charge in [-0.1, -0.05) is 54.1 Å². The second-order valence-electron chi connectivity index (χ2n) is 10.6. The van der Waals surface area contributed by atoms with Crippen LogP contribution in [-0.2, 0) is 12.7 Å². The van der Waals surface area contributed by atoms with E-state index in [4.69, 9.17) is 11.6 Å². The maximum atomic E-state index is 14.8. The summed E-state index contributed by atoms with van der Waals surface area (Å²) in [6, 6.07) is 14.7. The highest BCUT2D eigenvalue weighted by molar-refractivity contribution is 6.32. The van der Waals surface area contributed by atoms with Gasteiger partial charge in [0.1, 0.15) is 24.0 Å². The number of likely N-dealkylation sites (N-methyl/N-ethyl adjacent to an activating group) is 1. The quantitative estimate of drug-likeness (QED) is 0.156. The third-order valence-corrected chi connectivity index (χ3v) is 7.73. The van der Waals surface area contributed by atoms with Crippen LogP contribution in [0.3, 0.4) is 0 Å². The van der Waals surface area contributed by atoms with Gasteiger partial charge in [-0.05, 0) is 26.0 Å². The molecule has 1 fully saturated rings. The van der Waals surface area contributed by atoms with Crippen molar-refractivity contribution in [2.45, 2.75) is 32.6 Å². The Labute approximate surface area is 235 Å². The van der Waals surface area contributed by atoms with Gasteiger partial charge in [0.05, 0.1) is 55.9 Å². The standard InChI is InChI=1S/C29H30ClF4N6/c1-18(21-10-7-11-23(25(21)31)29(32,33)34)35-27-22-16-24(26(30)38-28(22)37-19(2)36-27)39-12-14-40(3,15-13-39)17-20-8-5-4-6-9-20/h4-11,16,18H,12-15,17H2,1-3H3,(H,35,36,37,38)/q+1/t18-/m1/s1. The number of aryl methyl sites for hydroxylation is 1. The van der Waals surface area contributed by atoms with Gasteiger partial charge in [0.2, 0.25) is 0 Å². The van der Waals surface area contributed by atoms with Crippen LogP contribution in [0.5, 0.6) is 0 Å². The molecular formula is C29H30ClF4N6+. The topological polar surface area (TPSA) is 53.9 Å². The van der Waals surface area contributed by atoms with Crippen molar-refractivity contribution in [3.63, 3.8) is 0 Å². The van der Waals surface area contributed by atoms with Gasteiger partial charge in [0, 0.05) is 11.1 Å². The van der Waals surface area contributed by atoms with Crippen molar-refractivity contribution in [2.24, 2.45) is 0 Å². The molecular weight excluding hydrogens is 544 g/mol. The van der Waals surface area contributed by atoms with E-state index in [2.05, 4.69) is 56.5 Å². The number of aromatic nitrogens is 3. The molecule has 3 heterocycles. The number of piperazine rings is 1. The van der Waals surface area contributed by atoms with E-state index in [9.17, 15) is 17.6 Å². The zero-order chi connectivity index (χ0) is 28.7. The van der Waals surface area contributed by atoms with Crippen LogP contribution in [0, 0.1) is 12.7 Å². The number of nitrogens with zero attached hydrogens (tertiary/aromatic N) is 5. The summed E-state index contributed by atoms with van der Waals surface area (Å²) in [4.78, 5) is 15.6. The smallest absolute Gasteiger partial charge is 0.363 e. The summed E-state index contributed by atoms with van der Waals surface area (Å²) >= 11 is 6.63. The lowest BCUT2D eigenvalue weighted by atomic mass is 10.0. The Morgan fingerprint density at radius 3 is 2.40 bits per heavy atom. The van der Waals surface area contributed by atoms with E-state index in [1.807, 2.05) is 12.1 Å². The van der Waals surface area contributed by atoms with Gasteiger partial charge < -0.3 is 14.7 Å². The van der Waals surface area contributed by atoms with Crippen molar-refractivity contribution < 1.29 is 22.0 Å². The lowest BCUT2D eigenvalue weighted by Gasteiger charge is -2.43. The summed E-state index contributed by atoms with van der Waals surface area (Å²) in [6.45, 7) is 7.54. The van der Waals surface area contributed by atoms with Crippen molar-refractivity contribution in [2.75, 3.05) is 43.4 Å². The first-order valence-electron chi connectivity index (χ1n) is 13.0. The third kappa shape index (κ3) is 5.83. The number of rotatable bonds is 6. The van der Waals surface area contributed by atoms with Crippen LogP contribution in [0.15, 0.2) is 54.6 Å². The molecule has 0 amide bonds. The van der Waals surface area contributed by atoms with Crippen molar-refractivity contribution >= 4 is 34.1 Å². The van der Waals surface area contributed by atoms with E-state index in [0.29, 0.717) is 27.8 Å². The summed E-state index contributed by atoms with van der Waals surface area (Å²) in [5.74, 6) is -0.564. The molecule has 2 aromatic carbocycles. The molecule has 1 aliphatic heterocycles. The normalized spacial score (nSPS) is 16.2. The summed E-state index contributed by atoms with van der Waals surface area (Å²) in [7, 11) is 2.25. The molecule has 40 heavy (non-hydrogen) atoms. The van der Waals surface area contributed by atoms with Crippen LogP contribution in [0.1, 0.15) is 35.5 Å². The third-order valence-electron chi connectivity index (χ3n) is 7.45. The summed E-state index contributed by atoms with van der Waals surface area (Å²) in [5, 5.41) is 3.95. The van der Waals surface area contributed by atoms with Crippen LogP contribution in [0.25, 0.3) is 11.0 Å². The zero-order valence-corrected chi connectivity index (χ0v) is 23.2. The van der Waals surface area contributed by atoms with E-state index in [-0.39, 0.29) is 5.56 Å². The SMILES string of the molecule is Cc1nc(N[C@H](C)c2cccc(C(F)(F)F)c2F)c2cc(N3CC[N+](C)(Cc4ccccc4)CC3)c(Cl)nc2n1. The van der Waals surface area contributed by atoms with Gasteiger partial charge in [-0.3, -0.25) is 0 Å². The van der Waals surface area contributed by atoms with Gasteiger partial charge >= 0.3 is 6.18 Å². The number of anilines is 2. The molecule has 210 valence electrons. The summed E-state index contributed by atoms with van der Waals surface area (Å²) in [5.41, 5.74) is 0.947. The average Bonchev–Trinajstić information content (AvgIpc) is 2.88. The van der Waals surface area contributed by atoms with Crippen molar-refractivity contribution in [1.29, 1.82) is 0 Å². The number of fused-ring (bicyclic) bond motifs is 1. The number of hydrogen-bond acceptors (Lipinski definition) is 5. The van der Waals surface area contributed by atoms with Crippen LogP contribution >= 0.6 is 11.6 Å². The molecule has 0 radical (unpaired) electrons. The fourth-order valence-electron chi connectivity index (χ4n) is 5.22. The molecule has 2 aromatic heterocycles. The fraction of sp³-hybridized carbons (Fsp3) is 0.345. The highest BCUT2D eigenvalue weighted by atomic mass is 35.5. The first kappa shape index (κ1) is 28.0. The van der Waals surface area contributed by atoms with Crippen molar-refractivity contribution in [1.82, 2.24) is 15.0 Å². The maximum absolute atomic E-state index is 14.8. The van der Waals surface area contributed by atoms with E-state index < -0.39 is 23.6 Å². The Morgan fingerprint density at radius 1 is 1.02 bits per heavy atom. The Balaban J connectivity index is 1.42. The molecule has 1 N–H and O–H groups in total. The highest BCUT2D eigenvalue weighted by Gasteiger charge is 2.35. The number of hydrogen-bond donors (Lipinski definition) is 1. The molecule has 11 heteroatoms. The Kier molecular flexibility index (Phi) is 7.58. The van der Waals surface area contributed by atoms with Gasteiger partial charge in [-0.15, -0.1) is 0 Å². The Morgan fingerprint density at radius 2 is 1.73 bits per heavy atom. The molecule has 0 unspecified atom stereocenters. The predicted molar refractivity (Wildman–Crippen MR) is 149 cm³/mol. The lowest BCUT2D eigenvalue weighted by molar-refractivity contribution is -0.923. The second-order valence-corrected chi connectivity index (χ2v) is 10.9. The van der Waals surface area contributed by atoms with Gasteiger partial charge in [0.15, 0.2) is 10.8 Å². The van der Waals surface area contributed by atoms with Crippen LogP contribution in [0.4, 0.5) is 29.1 Å². The van der Waals surface area contributed by atoms with E-state index in [0.717, 1.165) is 49.0 Å². The zero-order valence-electron chi connectivity index (χ0n) is 22.4. The monoisotopic (exact) mass is 573 g/mol. The van der Waals surface area contributed by atoms with Crippen molar-refractivity contribution in [3.8, 4) is 0 Å². The van der Waals surface area contributed by atoms with E-state index >= 15 is 0 Å². The minimum atomic E-state index is -4.79. The highest BCUT2D eigenvalue weighted by Crippen LogP contribution is 2.36. The van der Waals surface area contributed by atoms with Gasteiger partial charge in [-0.25, -0.2) is 19.3 Å². The van der Waals surface area contributed by atoms with Crippen LogP contribution < -0.4 is 10.2 Å². The fourth-order valence-corrected chi connectivity index (χ4v) is 5.47. The number of alkyl halides is 3. The number of nitrogens with one attached hydrogen (secondary N) is 1. The Hall–Kier alpha value is -3.50. The minimum absolute atomic E-state index is 0.118. The second kappa shape index (κ2) is 10.8. The van der Waals surface area contributed by atoms with Gasteiger partial charge in [-0.2, -0.15) is 13.2 Å². The van der Waals surface area contributed by atoms with E-state index in [1.54, 1.807) is 13.8 Å². The van der Waals surface area contributed by atoms with Gasteiger partial charge in [0.25, 0.3) is 0 Å². The molecule has 0 aliphatic carbocycles. The number of benzene rings is 2. The number of pyridine rings is 1. The van der Waals surface area contributed by atoms with Crippen LogP contribution in [0.2, 0.25) is 5.15 Å². The maximum Gasteiger partial charge on any atom is 0.419 e. The Bertz CT molecular complexity index is 1520. The molecule has 1 aliphatic rings. The summed E-state index contributed by atoms with van der Waals surface area (Å²) < 4.78 is 55.6.